The van der Waals surface area contributed by atoms with Gasteiger partial charge in [-0.2, -0.15) is 9.97 Å². The van der Waals surface area contributed by atoms with Crippen molar-refractivity contribution in [3.63, 3.8) is 0 Å². The molecule has 1 saturated heterocycles. The van der Waals surface area contributed by atoms with Gasteiger partial charge in [0.2, 0.25) is 5.91 Å². The van der Waals surface area contributed by atoms with Crippen LogP contribution in [0.1, 0.15) is 31.5 Å². The van der Waals surface area contributed by atoms with E-state index in [1.54, 1.807) is 6.07 Å². The van der Waals surface area contributed by atoms with E-state index in [0.717, 1.165) is 66.1 Å². The minimum Gasteiger partial charge on any atom is -0.508 e. The number of piperazine rings is 1. The van der Waals surface area contributed by atoms with E-state index in [2.05, 4.69) is 20.8 Å². The number of phenolic OH excluding ortho intramolecular Hbond substituents is 1. The second-order valence-electron chi connectivity index (χ2n) is 10.5. The lowest BCUT2D eigenvalue weighted by Crippen LogP contribution is -2.49. The van der Waals surface area contributed by atoms with Gasteiger partial charge in [-0.3, -0.25) is 4.79 Å². The van der Waals surface area contributed by atoms with Gasteiger partial charge >= 0.3 is 6.01 Å². The minimum atomic E-state index is -0.0652. The largest absolute Gasteiger partial charge is 0.508 e. The molecule has 2 aliphatic heterocycles. The van der Waals surface area contributed by atoms with Gasteiger partial charge in [0.1, 0.15) is 17.7 Å². The number of hydrogen-bond acceptors (Lipinski definition) is 8. The predicted molar refractivity (Wildman–Crippen MR) is 150 cm³/mol. The van der Waals surface area contributed by atoms with Crippen molar-refractivity contribution in [2.24, 2.45) is 0 Å². The van der Waals surface area contributed by atoms with E-state index in [-0.39, 0.29) is 17.8 Å². The number of fused-ring (bicyclic) bond motifs is 2. The summed E-state index contributed by atoms with van der Waals surface area (Å²) in [6.07, 6.45) is 1.25. The maximum Gasteiger partial charge on any atom is 0.318 e. The summed E-state index contributed by atoms with van der Waals surface area (Å²) in [4.78, 5) is 30.6. The number of nitrogens with zero attached hydrogens (tertiary/aromatic N) is 6. The Bertz CT molecular complexity index is 1300. The molecule has 9 nitrogen and oxygen atoms in total. The molecule has 38 heavy (non-hydrogen) atoms. The number of carbonyl (C=O) groups is 1. The van der Waals surface area contributed by atoms with Crippen LogP contribution in [0.5, 0.6) is 11.8 Å². The third kappa shape index (κ3) is 5.48. The van der Waals surface area contributed by atoms with Crippen LogP contribution in [0.2, 0.25) is 0 Å². The first-order chi connectivity index (χ1) is 18.3. The van der Waals surface area contributed by atoms with Gasteiger partial charge in [0.15, 0.2) is 0 Å². The highest BCUT2D eigenvalue weighted by Gasteiger charge is 2.29. The molecule has 1 fully saturated rings. The Morgan fingerprint density at radius 2 is 1.84 bits per heavy atom. The van der Waals surface area contributed by atoms with Crippen molar-refractivity contribution in [1.29, 1.82) is 0 Å². The van der Waals surface area contributed by atoms with Crippen LogP contribution in [0.25, 0.3) is 10.8 Å². The van der Waals surface area contributed by atoms with Crippen LogP contribution in [0.3, 0.4) is 0 Å². The number of benzene rings is 2. The SMILES string of the molecule is CCC(=O)N1CCN(c2nc(O[C@H](C)CN(C)C)nc3c2CCN(c2cc(O)cc4ccccc24)C3)CC1. The fourth-order valence-electron chi connectivity index (χ4n) is 5.57. The van der Waals surface area contributed by atoms with Crippen LogP contribution in [0, 0.1) is 0 Å². The molecule has 0 saturated carbocycles. The van der Waals surface area contributed by atoms with Crippen LogP contribution in [-0.4, -0.2) is 90.2 Å². The average molecular weight is 519 g/mol. The number of aromatic nitrogens is 2. The summed E-state index contributed by atoms with van der Waals surface area (Å²) in [7, 11) is 4.04. The molecule has 202 valence electrons. The smallest absolute Gasteiger partial charge is 0.318 e. The van der Waals surface area contributed by atoms with Crippen LogP contribution in [0.15, 0.2) is 36.4 Å². The summed E-state index contributed by atoms with van der Waals surface area (Å²) in [5, 5.41) is 12.6. The van der Waals surface area contributed by atoms with Crippen LogP contribution >= 0.6 is 0 Å². The third-order valence-corrected chi connectivity index (χ3v) is 7.35. The van der Waals surface area contributed by atoms with E-state index in [1.807, 2.05) is 57.1 Å². The number of amides is 1. The topological polar surface area (TPSA) is 85.3 Å². The molecule has 1 aromatic heterocycles. The number of likely N-dealkylation sites (N-methyl/N-ethyl adjacent to an activating group) is 1. The Morgan fingerprint density at radius 3 is 2.58 bits per heavy atom. The average Bonchev–Trinajstić information content (AvgIpc) is 2.91. The summed E-state index contributed by atoms with van der Waals surface area (Å²) in [5.74, 6) is 1.38. The summed E-state index contributed by atoms with van der Waals surface area (Å²) >= 11 is 0. The molecular weight excluding hydrogens is 480 g/mol. The molecule has 1 atom stereocenters. The maximum atomic E-state index is 12.2. The summed E-state index contributed by atoms with van der Waals surface area (Å²) in [6, 6.07) is 12.2. The number of carbonyl (C=O) groups excluding carboxylic acids is 1. The van der Waals surface area contributed by atoms with Crippen molar-refractivity contribution in [3.8, 4) is 11.8 Å². The van der Waals surface area contributed by atoms with Crippen molar-refractivity contribution in [2.45, 2.75) is 39.3 Å². The maximum absolute atomic E-state index is 12.2. The fraction of sp³-hybridized carbons (Fsp3) is 0.483. The van der Waals surface area contributed by atoms with E-state index in [9.17, 15) is 9.90 Å². The monoisotopic (exact) mass is 518 g/mol. The van der Waals surface area contributed by atoms with Gasteiger partial charge in [0.25, 0.3) is 0 Å². The Morgan fingerprint density at radius 1 is 1.08 bits per heavy atom. The van der Waals surface area contributed by atoms with Crippen molar-refractivity contribution >= 4 is 28.2 Å². The number of ether oxygens (including phenoxy) is 1. The molecule has 9 heteroatoms. The minimum absolute atomic E-state index is 0.0652. The predicted octanol–water partition coefficient (Wildman–Crippen LogP) is 3.29. The van der Waals surface area contributed by atoms with Gasteiger partial charge in [-0.05, 0) is 38.9 Å². The molecule has 1 N–H and O–H groups in total. The highest BCUT2D eigenvalue weighted by Crippen LogP contribution is 2.36. The molecular formula is C29H38N6O3. The van der Waals surface area contributed by atoms with Gasteiger partial charge in [-0.1, -0.05) is 31.2 Å². The molecule has 3 heterocycles. The molecule has 0 bridgehead atoms. The van der Waals surface area contributed by atoms with E-state index in [1.165, 1.54) is 0 Å². The lowest BCUT2D eigenvalue weighted by Gasteiger charge is -2.38. The Hall–Kier alpha value is -3.59. The number of anilines is 2. The summed E-state index contributed by atoms with van der Waals surface area (Å²) < 4.78 is 6.22. The zero-order valence-electron chi connectivity index (χ0n) is 22.9. The molecule has 2 aromatic carbocycles. The summed E-state index contributed by atoms with van der Waals surface area (Å²) in [5.41, 5.74) is 3.10. The lowest BCUT2D eigenvalue weighted by molar-refractivity contribution is -0.131. The van der Waals surface area contributed by atoms with Crippen LogP contribution in [-0.2, 0) is 17.8 Å². The van der Waals surface area contributed by atoms with E-state index >= 15 is 0 Å². The highest BCUT2D eigenvalue weighted by molar-refractivity contribution is 5.95. The normalized spacial score (nSPS) is 16.6. The summed E-state index contributed by atoms with van der Waals surface area (Å²) in [6.45, 7) is 8.96. The van der Waals surface area contributed by atoms with Gasteiger partial charge < -0.3 is 29.4 Å². The number of aromatic hydroxyl groups is 1. The highest BCUT2D eigenvalue weighted by atomic mass is 16.5. The fourth-order valence-corrected chi connectivity index (χ4v) is 5.57. The first kappa shape index (κ1) is 26.0. The Balaban J connectivity index is 1.47. The number of rotatable bonds is 7. The quantitative estimate of drug-likeness (QED) is 0.510. The molecule has 1 amide bonds. The van der Waals surface area contributed by atoms with Gasteiger partial charge in [0.05, 0.1) is 12.2 Å². The molecule has 5 rings (SSSR count). The van der Waals surface area contributed by atoms with Gasteiger partial charge in [-0.25, -0.2) is 0 Å². The molecule has 2 aliphatic rings. The molecule has 3 aromatic rings. The molecule has 0 spiro atoms. The zero-order valence-corrected chi connectivity index (χ0v) is 22.9. The lowest BCUT2D eigenvalue weighted by atomic mass is 10.0. The molecule has 0 unspecified atom stereocenters. The Kier molecular flexibility index (Phi) is 7.56. The van der Waals surface area contributed by atoms with Gasteiger partial charge in [0, 0.05) is 68.4 Å². The molecule has 0 aliphatic carbocycles. The van der Waals surface area contributed by atoms with Crippen molar-refractivity contribution in [1.82, 2.24) is 19.8 Å². The second kappa shape index (κ2) is 11.0. The second-order valence-corrected chi connectivity index (χ2v) is 10.5. The zero-order chi connectivity index (χ0) is 26.8. The number of phenols is 1. The first-order valence-electron chi connectivity index (χ1n) is 13.5. The number of hydrogen-bond donors (Lipinski definition) is 1. The Labute approximate surface area is 224 Å². The van der Waals surface area contributed by atoms with E-state index in [4.69, 9.17) is 14.7 Å². The third-order valence-electron chi connectivity index (χ3n) is 7.35. The standard InChI is InChI=1S/C29H38N6O3/c1-5-27(37)33-12-14-34(15-13-33)28-24-10-11-35(26-17-22(36)16-21-8-6-7-9-23(21)26)19-25(24)30-29(31-28)38-20(2)18-32(3)4/h6-9,16-17,20,36H,5,10-15,18-19H2,1-4H3/t20-/m1/s1. The van der Waals surface area contributed by atoms with Crippen molar-refractivity contribution in [2.75, 3.05) is 63.2 Å². The van der Waals surface area contributed by atoms with Crippen LogP contribution in [0.4, 0.5) is 11.5 Å². The van der Waals surface area contributed by atoms with Crippen molar-refractivity contribution in [3.05, 3.63) is 47.7 Å². The van der Waals surface area contributed by atoms with E-state index < -0.39 is 0 Å². The van der Waals surface area contributed by atoms with E-state index in [0.29, 0.717) is 32.1 Å². The molecule has 0 radical (unpaired) electrons. The van der Waals surface area contributed by atoms with Gasteiger partial charge in [-0.15, -0.1) is 0 Å². The van der Waals surface area contributed by atoms with Crippen molar-refractivity contribution < 1.29 is 14.6 Å². The first-order valence-corrected chi connectivity index (χ1v) is 13.5. The van der Waals surface area contributed by atoms with Crippen LogP contribution < -0.4 is 14.5 Å².